The van der Waals surface area contributed by atoms with Gasteiger partial charge >= 0.3 is 0 Å². The minimum atomic E-state index is 0.478. The molecule has 4 heteroatoms. The Balaban J connectivity index is 2.14. The summed E-state index contributed by atoms with van der Waals surface area (Å²) >= 11 is 3.50. The number of likely N-dealkylation sites (tertiary alicyclic amines) is 1. The van der Waals surface area contributed by atoms with E-state index in [1.54, 1.807) is 0 Å². The van der Waals surface area contributed by atoms with Crippen LogP contribution in [0.1, 0.15) is 24.7 Å². The number of hydrogen-bond donors (Lipinski definition) is 0. The van der Waals surface area contributed by atoms with Gasteiger partial charge in [-0.25, -0.2) is 4.98 Å². The Morgan fingerprint density at radius 2 is 2.18 bits per heavy atom. The molecule has 2 aromatic rings. The van der Waals surface area contributed by atoms with E-state index in [-0.39, 0.29) is 0 Å². The molecule has 0 N–H and O–H groups in total. The molecule has 1 unspecified atom stereocenters. The first kappa shape index (κ1) is 11.2. The van der Waals surface area contributed by atoms with Crippen LogP contribution < -0.4 is 0 Å². The number of nitrogens with zero attached hydrogens (tertiary/aromatic N) is 3. The van der Waals surface area contributed by atoms with Gasteiger partial charge in [0.25, 0.3) is 0 Å². The molecule has 0 amide bonds. The van der Waals surface area contributed by atoms with E-state index in [4.69, 9.17) is 4.98 Å². The maximum Gasteiger partial charge on any atom is 0.127 e. The van der Waals surface area contributed by atoms with Gasteiger partial charge in [0.2, 0.25) is 0 Å². The molecule has 3 nitrogen and oxygen atoms in total. The Kier molecular flexibility index (Phi) is 2.71. The zero-order valence-electron chi connectivity index (χ0n) is 10.2. The second-order valence-electron chi connectivity index (χ2n) is 4.80. The fourth-order valence-corrected chi connectivity index (χ4v) is 3.08. The minimum absolute atomic E-state index is 0.478. The molecule has 0 spiro atoms. The van der Waals surface area contributed by atoms with E-state index in [0.29, 0.717) is 6.04 Å². The van der Waals surface area contributed by atoms with Crippen molar-refractivity contribution in [2.24, 2.45) is 7.05 Å². The van der Waals surface area contributed by atoms with Gasteiger partial charge in [-0.3, -0.25) is 4.90 Å². The quantitative estimate of drug-likeness (QED) is 0.806. The van der Waals surface area contributed by atoms with Crippen molar-refractivity contribution in [3.8, 4) is 0 Å². The maximum atomic E-state index is 4.80. The first-order valence-electron chi connectivity index (χ1n) is 5.99. The van der Waals surface area contributed by atoms with E-state index in [1.807, 2.05) is 0 Å². The molecule has 1 aromatic carbocycles. The third-order valence-electron chi connectivity index (χ3n) is 3.70. The van der Waals surface area contributed by atoms with Crippen molar-refractivity contribution in [3.63, 3.8) is 0 Å². The third-order valence-corrected chi connectivity index (χ3v) is 4.19. The Morgan fingerprint density at radius 1 is 1.35 bits per heavy atom. The molecule has 17 heavy (non-hydrogen) atoms. The number of fused-ring (bicyclic) bond motifs is 1. The van der Waals surface area contributed by atoms with Gasteiger partial charge in [-0.2, -0.15) is 0 Å². The molecule has 90 valence electrons. The minimum Gasteiger partial charge on any atom is -0.330 e. The first-order chi connectivity index (χ1) is 8.16. The summed E-state index contributed by atoms with van der Waals surface area (Å²) in [4.78, 5) is 7.20. The van der Waals surface area contributed by atoms with Crippen LogP contribution in [0.3, 0.4) is 0 Å². The van der Waals surface area contributed by atoms with Gasteiger partial charge in [0.1, 0.15) is 5.82 Å². The monoisotopic (exact) mass is 293 g/mol. The number of imidazole rings is 1. The molecule has 1 saturated heterocycles. The number of rotatable bonds is 1. The van der Waals surface area contributed by atoms with Gasteiger partial charge in [0, 0.05) is 11.5 Å². The smallest absolute Gasteiger partial charge is 0.127 e. The summed E-state index contributed by atoms with van der Waals surface area (Å²) in [5, 5.41) is 0. The second-order valence-corrected chi connectivity index (χ2v) is 5.72. The van der Waals surface area contributed by atoms with Crippen molar-refractivity contribution in [1.29, 1.82) is 0 Å². The van der Waals surface area contributed by atoms with Gasteiger partial charge in [-0.05, 0) is 44.6 Å². The number of hydrogen-bond acceptors (Lipinski definition) is 2. The lowest BCUT2D eigenvalue weighted by molar-refractivity contribution is 0.302. The molecule has 1 aromatic heterocycles. The molecular formula is C13H16BrN3. The highest BCUT2D eigenvalue weighted by Crippen LogP contribution is 2.31. The molecule has 0 aliphatic carbocycles. The standard InChI is InChI=1S/C13H16BrN3/c1-16-7-3-4-12(16)13-15-10-8-9(14)5-6-11(10)17(13)2/h5-6,8,12H,3-4,7H2,1-2H3. The van der Waals surface area contributed by atoms with Crippen LogP contribution in [0.15, 0.2) is 22.7 Å². The van der Waals surface area contributed by atoms with E-state index in [1.165, 1.54) is 30.7 Å². The average molecular weight is 294 g/mol. The molecule has 0 radical (unpaired) electrons. The Bertz CT molecular complexity index is 561. The molecule has 0 saturated carbocycles. The van der Waals surface area contributed by atoms with Crippen LogP contribution in [0.25, 0.3) is 11.0 Å². The van der Waals surface area contributed by atoms with Crippen LogP contribution >= 0.6 is 15.9 Å². The van der Waals surface area contributed by atoms with Gasteiger partial charge in [-0.1, -0.05) is 15.9 Å². The van der Waals surface area contributed by atoms with Crippen LogP contribution in [-0.4, -0.2) is 28.0 Å². The Morgan fingerprint density at radius 3 is 2.88 bits per heavy atom. The molecule has 1 atom stereocenters. The van der Waals surface area contributed by atoms with Gasteiger partial charge in [0.05, 0.1) is 17.1 Å². The Labute approximate surface area is 110 Å². The lowest BCUT2D eigenvalue weighted by Crippen LogP contribution is -2.20. The van der Waals surface area contributed by atoms with E-state index >= 15 is 0 Å². The van der Waals surface area contributed by atoms with Gasteiger partial charge < -0.3 is 4.57 Å². The lowest BCUT2D eigenvalue weighted by Gasteiger charge is -2.18. The maximum absolute atomic E-state index is 4.80. The normalized spacial score (nSPS) is 21.5. The van der Waals surface area contributed by atoms with E-state index < -0.39 is 0 Å². The van der Waals surface area contributed by atoms with Crippen LogP contribution in [0.2, 0.25) is 0 Å². The second kappa shape index (κ2) is 4.10. The zero-order chi connectivity index (χ0) is 12.0. The largest absolute Gasteiger partial charge is 0.330 e. The SMILES string of the molecule is CN1CCCC1c1nc2cc(Br)ccc2n1C. The highest BCUT2D eigenvalue weighted by Gasteiger charge is 2.26. The summed E-state index contributed by atoms with van der Waals surface area (Å²) in [5.74, 6) is 1.19. The summed E-state index contributed by atoms with van der Waals surface area (Å²) in [6.45, 7) is 1.18. The predicted molar refractivity (Wildman–Crippen MR) is 73.0 cm³/mol. The third kappa shape index (κ3) is 1.79. The van der Waals surface area contributed by atoms with Crippen molar-refractivity contribution in [3.05, 3.63) is 28.5 Å². The summed E-state index contributed by atoms with van der Waals surface area (Å²) in [5.41, 5.74) is 2.29. The zero-order valence-corrected chi connectivity index (χ0v) is 11.7. The van der Waals surface area contributed by atoms with Crippen molar-refractivity contribution >= 4 is 27.0 Å². The lowest BCUT2D eigenvalue weighted by atomic mass is 10.2. The van der Waals surface area contributed by atoms with Crippen LogP contribution in [0, 0.1) is 0 Å². The molecule has 2 heterocycles. The topological polar surface area (TPSA) is 21.1 Å². The molecular weight excluding hydrogens is 278 g/mol. The molecule has 1 aliphatic heterocycles. The fourth-order valence-electron chi connectivity index (χ4n) is 2.73. The number of benzene rings is 1. The van der Waals surface area contributed by atoms with Crippen molar-refractivity contribution in [1.82, 2.24) is 14.5 Å². The van der Waals surface area contributed by atoms with E-state index in [0.717, 1.165) is 9.99 Å². The average Bonchev–Trinajstić information content (AvgIpc) is 2.83. The van der Waals surface area contributed by atoms with Crippen LogP contribution in [0.5, 0.6) is 0 Å². The van der Waals surface area contributed by atoms with E-state index in [2.05, 4.69) is 57.7 Å². The summed E-state index contributed by atoms with van der Waals surface area (Å²) in [7, 11) is 4.30. The highest BCUT2D eigenvalue weighted by atomic mass is 79.9. The van der Waals surface area contributed by atoms with E-state index in [9.17, 15) is 0 Å². The number of aromatic nitrogens is 2. The predicted octanol–water partition coefficient (Wildman–Crippen LogP) is 3.10. The van der Waals surface area contributed by atoms with Crippen molar-refractivity contribution in [2.75, 3.05) is 13.6 Å². The summed E-state index contributed by atoms with van der Waals surface area (Å²) in [6, 6.07) is 6.77. The fraction of sp³-hybridized carbons (Fsp3) is 0.462. The number of aryl methyl sites for hydroxylation is 1. The molecule has 0 bridgehead atoms. The number of halogens is 1. The van der Waals surface area contributed by atoms with Crippen LogP contribution in [-0.2, 0) is 7.05 Å². The summed E-state index contributed by atoms with van der Waals surface area (Å²) < 4.78 is 3.32. The van der Waals surface area contributed by atoms with Crippen molar-refractivity contribution in [2.45, 2.75) is 18.9 Å². The Hall–Kier alpha value is -0.870. The molecule has 1 fully saturated rings. The van der Waals surface area contributed by atoms with Crippen LogP contribution in [0.4, 0.5) is 0 Å². The summed E-state index contributed by atoms with van der Waals surface area (Å²) in [6.07, 6.45) is 2.49. The van der Waals surface area contributed by atoms with Gasteiger partial charge in [0.15, 0.2) is 0 Å². The van der Waals surface area contributed by atoms with Gasteiger partial charge in [-0.15, -0.1) is 0 Å². The highest BCUT2D eigenvalue weighted by molar-refractivity contribution is 9.10. The first-order valence-corrected chi connectivity index (χ1v) is 6.78. The molecule has 3 rings (SSSR count). The molecule has 1 aliphatic rings. The van der Waals surface area contributed by atoms with Crippen molar-refractivity contribution < 1.29 is 0 Å².